The number of aryl methyl sites for hydroxylation is 1. The average Bonchev–Trinajstić information content (AvgIpc) is 2.87. The van der Waals surface area contributed by atoms with Crippen LogP contribution in [0.25, 0.3) is 0 Å². The number of hydrogen-bond acceptors (Lipinski definition) is 3. The second-order valence-electron chi connectivity index (χ2n) is 5.00. The van der Waals surface area contributed by atoms with Crippen LogP contribution in [0.4, 0.5) is 5.69 Å². The maximum Gasteiger partial charge on any atom is 0.0582 e. The Kier molecular flexibility index (Phi) is 4.22. The highest BCUT2D eigenvalue weighted by Gasteiger charge is 2.11. The summed E-state index contributed by atoms with van der Waals surface area (Å²) in [6, 6.07) is 8.23. The van der Waals surface area contributed by atoms with Crippen molar-refractivity contribution in [2.24, 2.45) is 5.73 Å². The molecule has 102 valence electrons. The molecule has 1 unspecified atom stereocenters. The molecule has 1 aromatic carbocycles. The predicted octanol–water partition coefficient (Wildman–Crippen LogP) is 2.41. The number of aromatic nitrogens is 2. The Balaban J connectivity index is 2.15. The fourth-order valence-electron chi connectivity index (χ4n) is 2.06. The van der Waals surface area contributed by atoms with Gasteiger partial charge in [-0.1, -0.05) is 19.1 Å². The third-order valence-corrected chi connectivity index (χ3v) is 3.23. The number of anilines is 1. The second-order valence-corrected chi connectivity index (χ2v) is 5.00. The molecular formula is C15H22N4. The van der Waals surface area contributed by atoms with E-state index >= 15 is 0 Å². The van der Waals surface area contributed by atoms with Gasteiger partial charge in [-0.2, -0.15) is 5.10 Å². The van der Waals surface area contributed by atoms with Gasteiger partial charge >= 0.3 is 0 Å². The number of nitrogens with two attached hydrogens (primary N) is 1. The van der Waals surface area contributed by atoms with Crippen LogP contribution in [0, 0.1) is 0 Å². The van der Waals surface area contributed by atoms with Crippen LogP contribution in [-0.2, 0) is 6.54 Å². The lowest BCUT2D eigenvalue weighted by Crippen LogP contribution is -2.12. The Hall–Kier alpha value is -1.81. The van der Waals surface area contributed by atoms with Crippen molar-refractivity contribution in [1.29, 1.82) is 0 Å². The van der Waals surface area contributed by atoms with E-state index in [9.17, 15) is 0 Å². The Morgan fingerprint density at radius 1 is 1.21 bits per heavy atom. The highest BCUT2D eigenvalue weighted by Crippen LogP contribution is 2.21. The summed E-state index contributed by atoms with van der Waals surface area (Å²) in [5.41, 5.74) is 9.64. The molecule has 0 amide bonds. The molecule has 0 aliphatic carbocycles. The molecule has 0 fully saturated rings. The minimum absolute atomic E-state index is 0.109. The molecular weight excluding hydrogens is 236 g/mol. The first-order chi connectivity index (χ1) is 9.11. The Labute approximate surface area is 114 Å². The van der Waals surface area contributed by atoms with Gasteiger partial charge in [-0.3, -0.25) is 4.68 Å². The van der Waals surface area contributed by atoms with Crippen LogP contribution in [-0.4, -0.2) is 23.9 Å². The van der Waals surface area contributed by atoms with Gasteiger partial charge in [-0.25, -0.2) is 0 Å². The van der Waals surface area contributed by atoms with Crippen LogP contribution in [0.3, 0.4) is 0 Å². The standard InChI is InChI=1S/C15H22N4/c1-4-9-19-11-13(10-17-19)15(16)12-5-7-14(8-6-12)18(2)3/h5-8,10-11,15H,4,9,16H2,1-3H3. The minimum Gasteiger partial charge on any atom is -0.378 e. The van der Waals surface area contributed by atoms with Crippen molar-refractivity contribution >= 4 is 5.69 Å². The van der Waals surface area contributed by atoms with Crippen LogP contribution in [0.1, 0.15) is 30.5 Å². The van der Waals surface area contributed by atoms with E-state index in [4.69, 9.17) is 5.73 Å². The lowest BCUT2D eigenvalue weighted by atomic mass is 10.0. The van der Waals surface area contributed by atoms with Crippen molar-refractivity contribution in [3.63, 3.8) is 0 Å². The number of rotatable bonds is 5. The fourth-order valence-corrected chi connectivity index (χ4v) is 2.06. The van der Waals surface area contributed by atoms with Crippen LogP contribution in [0.2, 0.25) is 0 Å². The van der Waals surface area contributed by atoms with E-state index < -0.39 is 0 Å². The molecule has 0 aliphatic rings. The Bertz CT molecular complexity index is 513. The SMILES string of the molecule is CCCn1cc(C(N)c2ccc(N(C)C)cc2)cn1. The third-order valence-electron chi connectivity index (χ3n) is 3.23. The zero-order valence-electron chi connectivity index (χ0n) is 11.9. The summed E-state index contributed by atoms with van der Waals surface area (Å²) < 4.78 is 1.95. The summed E-state index contributed by atoms with van der Waals surface area (Å²) in [4.78, 5) is 2.08. The summed E-state index contributed by atoms with van der Waals surface area (Å²) in [5.74, 6) is 0. The first-order valence-electron chi connectivity index (χ1n) is 6.67. The Morgan fingerprint density at radius 2 is 1.89 bits per heavy atom. The molecule has 0 saturated heterocycles. The highest BCUT2D eigenvalue weighted by molar-refractivity contribution is 5.47. The maximum atomic E-state index is 6.29. The van der Waals surface area contributed by atoms with Gasteiger partial charge in [0.1, 0.15) is 0 Å². The summed E-state index contributed by atoms with van der Waals surface area (Å²) >= 11 is 0. The van der Waals surface area contributed by atoms with Crippen LogP contribution < -0.4 is 10.6 Å². The van der Waals surface area contributed by atoms with Crippen molar-refractivity contribution in [1.82, 2.24) is 9.78 Å². The van der Waals surface area contributed by atoms with Crippen molar-refractivity contribution in [2.45, 2.75) is 25.9 Å². The molecule has 0 bridgehead atoms. The fraction of sp³-hybridized carbons (Fsp3) is 0.400. The molecule has 1 heterocycles. The van der Waals surface area contributed by atoms with E-state index in [2.05, 4.69) is 41.2 Å². The molecule has 0 aliphatic heterocycles. The summed E-state index contributed by atoms with van der Waals surface area (Å²) in [5, 5.41) is 4.33. The van der Waals surface area contributed by atoms with Gasteiger partial charge in [-0.05, 0) is 24.1 Å². The number of benzene rings is 1. The lowest BCUT2D eigenvalue weighted by molar-refractivity contribution is 0.602. The predicted molar refractivity (Wildman–Crippen MR) is 79.3 cm³/mol. The third kappa shape index (κ3) is 3.15. The molecule has 1 atom stereocenters. The van der Waals surface area contributed by atoms with E-state index in [1.54, 1.807) is 0 Å². The molecule has 1 aromatic heterocycles. The molecule has 19 heavy (non-hydrogen) atoms. The number of nitrogens with zero attached hydrogens (tertiary/aromatic N) is 3. The Morgan fingerprint density at radius 3 is 2.47 bits per heavy atom. The van der Waals surface area contributed by atoms with Gasteiger partial charge in [0.2, 0.25) is 0 Å². The van der Waals surface area contributed by atoms with Crippen LogP contribution in [0.15, 0.2) is 36.7 Å². The largest absolute Gasteiger partial charge is 0.378 e. The molecule has 0 saturated carbocycles. The van der Waals surface area contributed by atoms with E-state index in [0.29, 0.717) is 0 Å². The monoisotopic (exact) mass is 258 g/mol. The van der Waals surface area contributed by atoms with Crippen molar-refractivity contribution in [3.05, 3.63) is 47.8 Å². The normalized spacial score (nSPS) is 12.4. The quantitative estimate of drug-likeness (QED) is 0.896. The van der Waals surface area contributed by atoms with Crippen molar-refractivity contribution in [2.75, 3.05) is 19.0 Å². The van der Waals surface area contributed by atoms with Crippen LogP contribution >= 0.6 is 0 Å². The summed E-state index contributed by atoms with van der Waals surface area (Å²) in [6.07, 6.45) is 4.97. The van der Waals surface area contributed by atoms with E-state index in [-0.39, 0.29) is 6.04 Å². The average molecular weight is 258 g/mol. The number of hydrogen-bond donors (Lipinski definition) is 1. The smallest absolute Gasteiger partial charge is 0.0582 e. The first-order valence-corrected chi connectivity index (χ1v) is 6.67. The topological polar surface area (TPSA) is 47.1 Å². The maximum absolute atomic E-state index is 6.29. The highest BCUT2D eigenvalue weighted by atomic mass is 15.3. The molecule has 4 nitrogen and oxygen atoms in total. The molecule has 0 spiro atoms. The van der Waals surface area contributed by atoms with E-state index in [1.165, 1.54) is 5.69 Å². The van der Waals surface area contributed by atoms with Gasteiger partial charge in [0.05, 0.1) is 12.2 Å². The van der Waals surface area contributed by atoms with Gasteiger partial charge in [0, 0.05) is 38.1 Å². The second kappa shape index (κ2) is 5.89. The summed E-state index contributed by atoms with van der Waals surface area (Å²) in [7, 11) is 4.06. The van der Waals surface area contributed by atoms with Gasteiger partial charge in [0.15, 0.2) is 0 Å². The molecule has 0 radical (unpaired) electrons. The molecule has 4 heteroatoms. The van der Waals surface area contributed by atoms with Crippen molar-refractivity contribution < 1.29 is 0 Å². The zero-order chi connectivity index (χ0) is 13.8. The summed E-state index contributed by atoms with van der Waals surface area (Å²) in [6.45, 7) is 3.08. The lowest BCUT2D eigenvalue weighted by Gasteiger charge is -2.15. The van der Waals surface area contributed by atoms with Gasteiger partial charge < -0.3 is 10.6 Å². The molecule has 2 rings (SSSR count). The first kappa shape index (κ1) is 13.6. The van der Waals surface area contributed by atoms with Crippen LogP contribution in [0.5, 0.6) is 0 Å². The van der Waals surface area contributed by atoms with Crippen molar-refractivity contribution in [3.8, 4) is 0 Å². The molecule has 2 N–H and O–H groups in total. The van der Waals surface area contributed by atoms with E-state index in [1.807, 2.05) is 31.2 Å². The molecule has 2 aromatic rings. The minimum atomic E-state index is -0.109. The van der Waals surface area contributed by atoms with Gasteiger partial charge in [-0.15, -0.1) is 0 Å². The zero-order valence-corrected chi connectivity index (χ0v) is 11.9. The van der Waals surface area contributed by atoms with Gasteiger partial charge in [0.25, 0.3) is 0 Å². The van der Waals surface area contributed by atoms with E-state index in [0.717, 1.165) is 24.1 Å².